The number of nitrogens with zero attached hydrogens (tertiary/aromatic N) is 4. The third-order valence-corrected chi connectivity index (χ3v) is 10.8. The number of rotatable bonds is 10. The van der Waals surface area contributed by atoms with Gasteiger partial charge in [-0.05, 0) is 74.6 Å². The van der Waals surface area contributed by atoms with E-state index < -0.39 is 22.8 Å². The van der Waals surface area contributed by atoms with Crippen molar-refractivity contribution in [2.24, 2.45) is 5.41 Å². The number of ether oxygens (including phenoxy) is 1. The number of amides is 2. The lowest BCUT2D eigenvalue weighted by Gasteiger charge is -2.37. The smallest absolute Gasteiger partial charge is 0.410 e. The number of carbonyl (C=O) groups is 2. The number of hydrogen-bond acceptors (Lipinski definition) is 7. The SMILES string of the molecule is CS(=O)(=O)N1CCc2c(c(-c3ccc(CF)c(CNC(=O)Oc4ccccc4)c3)nn2CCCN2CCC3(CCNC3=O)CC2)C1. The van der Waals surface area contributed by atoms with Gasteiger partial charge in [0, 0.05) is 56.0 Å². The molecular formula is C33H41FN6O5S. The Morgan fingerprint density at radius 3 is 2.54 bits per heavy atom. The van der Waals surface area contributed by atoms with Crippen molar-refractivity contribution in [2.45, 2.75) is 58.4 Å². The highest BCUT2D eigenvalue weighted by Gasteiger charge is 2.44. The molecule has 2 saturated heterocycles. The lowest BCUT2D eigenvalue weighted by molar-refractivity contribution is -0.130. The van der Waals surface area contributed by atoms with Crippen molar-refractivity contribution >= 4 is 22.0 Å². The molecule has 0 atom stereocenters. The first-order chi connectivity index (χ1) is 22.1. The normalized spacial score (nSPS) is 18.3. The van der Waals surface area contributed by atoms with Crippen LogP contribution in [0.1, 0.15) is 48.1 Å². The highest BCUT2D eigenvalue weighted by molar-refractivity contribution is 7.88. The zero-order valence-electron chi connectivity index (χ0n) is 26.1. The summed E-state index contributed by atoms with van der Waals surface area (Å²) >= 11 is 0. The molecule has 0 saturated carbocycles. The summed E-state index contributed by atoms with van der Waals surface area (Å²) < 4.78 is 47.8. The zero-order chi connectivity index (χ0) is 32.3. The minimum atomic E-state index is -3.42. The van der Waals surface area contributed by atoms with Crippen molar-refractivity contribution in [1.82, 2.24) is 29.6 Å². The van der Waals surface area contributed by atoms with E-state index >= 15 is 0 Å². The molecule has 3 aliphatic heterocycles. The first-order valence-electron chi connectivity index (χ1n) is 15.9. The average Bonchev–Trinajstić information content (AvgIpc) is 3.60. The monoisotopic (exact) mass is 652 g/mol. The molecule has 0 bridgehead atoms. The predicted molar refractivity (Wildman–Crippen MR) is 171 cm³/mol. The van der Waals surface area contributed by atoms with Crippen LogP contribution < -0.4 is 15.4 Å². The molecule has 2 amide bonds. The molecule has 11 nitrogen and oxygen atoms in total. The fraction of sp³-hybridized carbons (Fsp3) is 0.485. The Hall–Kier alpha value is -3.81. The number of sulfonamides is 1. The number of benzene rings is 2. The highest BCUT2D eigenvalue weighted by atomic mass is 32.2. The van der Waals surface area contributed by atoms with Crippen molar-refractivity contribution < 1.29 is 27.1 Å². The molecule has 6 rings (SSSR count). The van der Waals surface area contributed by atoms with Crippen LogP contribution in [0.15, 0.2) is 48.5 Å². The number of aromatic nitrogens is 2. The Labute approximate surface area is 269 Å². The molecule has 1 spiro atoms. The predicted octanol–water partition coefficient (Wildman–Crippen LogP) is 3.62. The van der Waals surface area contributed by atoms with Crippen molar-refractivity contribution in [2.75, 3.05) is 39.0 Å². The second kappa shape index (κ2) is 13.5. The second-order valence-corrected chi connectivity index (χ2v) is 14.5. The summed E-state index contributed by atoms with van der Waals surface area (Å²) in [6.45, 7) is 4.07. The number of hydrogen-bond donors (Lipinski definition) is 2. The number of piperidine rings is 1. The van der Waals surface area contributed by atoms with Crippen LogP contribution in [0.2, 0.25) is 0 Å². The summed E-state index contributed by atoms with van der Waals surface area (Å²) in [6.07, 6.45) is 4.67. The highest BCUT2D eigenvalue weighted by Crippen LogP contribution is 2.38. The lowest BCUT2D eigenvalue weighted by Crippen LogP contribution is -2.44. The number of halogens is 1. The van der Waals surface area contributed by atoms with Crippen LogP contribution in [-0.2, 0) is 47.5 Å². The fourth-order valence-corrected chi connectivity index (χ4v) is 7.66. The van der Waals surface area contributed by atoms with Crippen LogP contribution in [0, 0.1) is 5.41 Å². The largest absolute Gasteiger partial charge is 0.412 e. The summed E-state index contributed by atoms with van der Waals surface area (Å²) in [4.78, 5) is 27.2. The zero-order valence-corrected chi connectivity index (χ0v) is 27.0. The standard InChI is InChI=1S/C33H41FN6O5S/c1-46(43,44)39-17-10-29-28(23-39)30(37-40(29)16-5-15-38-18-12-33(13-19-38)11-14-35-31(33)41)24-8-9-25(21-34)26(20-24)22-36-32(42)45-27-6-3-2-4-7-27/h2-4,6-9,20H,5,10-19,21-23H2,1H3,(H,35,41)(H,36,42). The molecule has 3 aromatic rings. The van der Waals surface area contributed by atoms with Gasteiger partial charge in [-0.1, -0.05) is 30.3 Å². The van der Waals surface area contributed by atoms with E-state index in [1.54, 1.807) is 36.4 Å². The molecule has 0 aliphatic carbocycles. The summed E-state index contributed by atoms with van der Waals surface area (Å²) in [6, 6.07) is 14.0. The summed E-state index contributed by atoms with van der Waals surface area (Å²) in [5.41, 5.74) is 4.08. The van der Waals surface area contributed by atoms with Gasteiger partial charge in [0.25, 0.3) is 0 Å². The first-order valence-corrected chi connectivity index (χ1v) is 17.7. The molecular weight excluding hydrogens is 611 g/mol. The van der Waals surface area contributed by atoms with Crippen molar-refractivity contribution in [1.29, 1.82) is 0 Å². The van der Waals surface area contributed by atoms with Gasteiger partial charge in [-0.2, -0.15) is 9.40 Å². The summed E-state index contributed by atoms with van der Waals surface area (Å²) in [5, 5.41) is 10.7. The number of alkyl halides is 1. The maximum Gasteiger partial charge on any atom is 0.412 e. The average molecular weight is 653 g/mol. The lowest BCUT2D eigenvalue weighted by atomic mass is 9.77. The quantitative estimate of drug-likeness (QED) is 0.343. The van der Waals surface area contributed by atoms with Crippen molar-refractivity contribution in [3.8, 4) is 17.0 Å². The fourth-order valence-electron chi connectivity index (χ4n) is 6.88. The van der Waals surface area contributed by atoms with Gasteiger partial charge < -0.3 is 20.3 Å². The minimum absolute atomic E-state index is 0.0515. The van der Waals surface area contributed by atoms with Gasteiger partial charge in [0.1, 0.15) is 12.4 Å². The van der Waals surface area contributed by atoms with E-state index in [9.17, 15) is 22.4 Å². The van der Waals surface area contributed by atoms with Gasteiger partial charge in [-0.25, -0.2) is 17.6 Å². The van der Waals surface area contributed by atoms with Crippen LogP contribution in [0.25, 0.3) is 11.3 Å². The summed E-state index contributed by atoms with van der Waals surface area (Å²) in [7, 11) is -3.42. The van der Waals surface area contributed by atoms with Crippen molar-refractivity contribution in [3.05, 3.63) is 70.9 Å². The van der Waals surface area contributed by atoms with Crippen LogP contribution in [0.4, 0.5) is 9.18 Å². The second-order valence-electron chi connectivity index (χ2n) is 12.5. The van der Waals surface area contributed by atoms with Crippen molar-refractivity contribution in [3.63, 3.8) is 0 Å². The van der Waals surface area contributed by atoms with Gasteiger partial charge >= 0.3 is 6.09 Å². The van der Waals surface area contributed by atoms with E-state index in [0.717, 1.165) is 68.7 Å². The van der Waals surface area contributed by atoms with E-state index in [1.165, 1.54) is 10.6 Å². The third-order valence-electron chi connectivity index (χ3n) is 9.60. The Bertz CT molecular complexity index is 1690. The maximum absolute atomic E-state index is 14.0. The van der Waals surface area contributed by atoms with Crippen LogP contribution in [-0.4, -0.2) is 78.4 Å². The van der Waals surface area contributed by atoms with Gasteiger partial charge in [-0.15, -0.1) is 0 Å². The van der Waals surface area contributed by atoms with E-state index in [4.69, 9.17) is 9.84 Å². The van der Waals surface area contributed by atoms with Crippen LogP contribution in [0.5, 0.6) is 5.75 Å². The van der Waals surface area contributed by atoms with Gasteiger partial charge in [-0.3, -0.25) is 9.48 Å². The Morgan fingerprint density at radius 1 is 1.07 bits per heavy atom. The number of carbonyl (C=O) groups excluding carboxylic acids is 2. The first kappa shape index (κ1) is 32.1. The molecule has 2 N–H and O–H groups in total. The number of fused-ring (bicyclic) bond motifs is 1. The molecule has 46 heavy (non-hydrogen) atoms. The molecule has 2 fully saturated rings. The van der Waals surface area contributed by atoms with Crippen LogP contribution in [0.3, 0.4) is 0 Å². The Kier molecular flexibility index (Phi) is 9.44. The van der Waals surface area contributed by atoms with E-state index in [1.807, 2.05) is 16.8 Å². The maximum atomic E-state index is 14.0. The van der Waals surface area contributed by atoms with Gasteiger partial charge in [0.05, 0.1) is 17.4 Å². The summed E-state index contributed by atoms with van der Waals surface area (Å²) in [5.74, 6) is 0.606. The minimum Gasteiger partial charge on any atom is -0.410 e. The number of para-hydroxylation sites is 1. The molecule has 0 radical (unpaired) electrons. The van der Waals surface area contributed by atoms with Crippen LogP contribution >= 0.6 is 0 Å². The molecule has 0 unspecified atom stereocenters. The number of nitrogens with one attached hydrogen (secondary N) is 2. The van der Waals surface area contributed by atoms with Gasteiger partial charge in [0.2, 0.25) is 15.9 Å². The molecule has 1 aromatic heterocycles. The molecule has 2 aromatic carbocycles. The molecule has 4 heterocycles. The topological polar surface area (TPSA) is 126 Å². The Balaban J connectivity index is 1.18. The molecule has 246 valence electrons. The number of likely N-dealkylation sites (tertiary alicyclic amines) is 1. The Morgan fingerprint density at radius 2 is 1.85 bits per heavy atom. The van der Waals surface area contributed by atoms with Gasteiger partial charge in [0.15, 0.2) is 0 Å². The van der Waals surface area contributed by atoms with E-state index in [-0.39, 0.29) is 24.4 Å². The van der Waals surface area contributed by atoms with E-state index in [0.29, 0.717) is 42.1 Å². The third kappa shape index (κ3) is 6.96. The molecule has 13 heteroatoms. The molecule has 3 aliphatic rings. The van der Waals surface area contributed by atoms with E-state index in [2.05, 4.69) is 15.5 Å². The number of aryl methyl sites for hydroxylation is 1.